The first-order chi connectivity index (χ1) is 19.4. The molecule has 3 aliphatic rings. The summed E-state index contributed by atoms with van der Waals surface area (Å²) in [5.41, 5.74) is 0. The SMILES string of the molecule is O=CN(O)C[C@@H](CC1CCCC1)C(=O)N1CCC[C@H]1C(=O)NC(=O)NCCCCCC1COc2ccccc2O1. The number of rotatable bonds is 13. The van der Waals surface area contributed by atoms with E-state index in [1.54, 1.807) is 0 Å². The number of benzene rings is 1. The van der Waals surface area contributed by atoms with Gasteiger partial charge < -0.3 is 19.7 Å². The summed E-state index contributed by atoms with van der Waals surface area (Å²) >= 11 is 0. The first-order valence-corrected chi connectivity index (χ1v) is 14.6. The van der Waals surface area contributed by atoms with Gasteiger partial charge in [0.1, 0.15) is 18.8 Å². The average Bonchev–Trinajstić information content (AvgIpc) is 3.66. The smallest absolute Gasteiger partial charge is 0.321 e. The van der Waals surface area contributed by atoms with Crippen LogP contribution >= 0.6 is 0 Å². The fourth-order valence-corrected chi connectivity index (χ4v) is 6.03. The molecule has 3 atom stereocenters. The molecule has 1 saturated heterocycles. The maximum absolute atomic E-state index is 13.4. The molecule has 1 aromatic rings. The number of hydrogen-bond acceptors (Lipinski definition) is 7. The lowest BCUT2D eigenvalue weighted by Gasteiger charge is -2.30. The summed E-state index contributed by atoms with van der Waals surface area (Å²) < 4.78 is 11.7. The van der Waals surface area contributed by atoms with Crippen molar-refractivity contribution in [3.8, 4) is 11.5 Å². The monoisotopic (exact) mass is 558 g/mol. The summed E-state index contributed by atoms with van der Waals surface area (Å²) in [6.45, 7) is 1.26. The van der Waals surface area contributed by atoms with Crippen LogP contribution in [0.5, 0.6) is 11.5 Å². The number of hydroxylamine groups is 2. The second-order valence-electron chi connectivity index (χ2n) is 11.1. The third-order valence-corrected chi connectivity index (χ3v) is 8.10. The molecular formula is C29H42N4O7. The normalized spacial score (nSPS) is 21.1. The van der Waals surface area contributed by atoms with Crippen LogP contribution in [0.2, 0.25) is 0 Å². The number of unbranched alkanes of at least 4 members (excludes halogenated alkanes) is 2. The van der Waals surface area contributed by atoms with Crippen LogP contribution in [0, 0.1) is 11.8 Å². The standard InChI is InChI=1S/C29H42N4O7/c34-20-32(38)18-22(17-21-9-3-4-10-21)28(36)33-16-8-12-24(33)27(35)31-29(37)30-15-7-1-2-11-23-19-39-25-13-5-6-14-26(25)40-23/h5-6,13-14,20-24,38H,1-4,7-12,15-19H2,(H2,30,31,35,37)/t22-,23?,24+/m1/s1. The summed E-state index contributed by atoms with van der Waals surface area (Å²) in [6, 6.07) is 6.31. The van der Waals surface area contributed by atoms with Gasteiger partial charge in [-0.2, -0.15) is 0 Å². The van der Waals surface area contributed by atoms with E-state index in [0.717, 1.165) is 62.9 Å². The highest BCUT2D eigenvalue weighted by atomic mass is 16.6. The van der Waals surface area contributed by atoms with Crippen molar-refractivity contribution in [3.05, 3.63) is 24.3 Å². The van der Waals surface area contributed by atoms with Crippen molar-refractivity contribution in [2.75, 3.05) is 26.2 Å². The molecule has 1 aliphatic carbocycles. The van der Waals surface area contributed by atoms with Crippen molar-refractivity contribution in [1.29, 1.82) is 0 Å². The van der Waals surface area contributed by atoms with Gasteiger partial charge in [0.05, 0.1) is 12.5 Å². The summed E-state index contributed by atoms with van der Waals surface area (Å²) in [5, 5.41) is 15.4. The van der Waals surface area contributed by atoms with Crippen molar-refractivity contribution < 1.29 is 33.9 Å². The van der Waals surface area contributed by atoms with E-state index in [-0.39, 0.29) is 18.6 Å². The number of fused-ring (bicyclic) bond motifs is 1. The van der Waals surface area contributed by atoms with Crippen molar-refractivity contribution in [3.63, 3.8) is 0 Å². The number of imide groups is 1. The Morgan fingerprint density at radius 3 is 2.62 bits per heavy atom. The number of ether oxygens (including phenoxy) is 2. The second-order valence-corrected chi connectivity index (χ2v) is 11.1. The van der Waals surface area contributed by atoms with Gasteiger partial charge in [-0.05, 0) is 56.6 Å². The molecule has 4 rings (SSSR count). The van der Waals surface area contributed by atoms with E-state index in [1.807, 2.05) is 24.3 Å². The summed E-state index contributed by atoms with van der Waals surface area (Å²) in [5.74, 6) is 0.573. The maximum atomic E-state index is 13.4. The zero-order chi connectivity index (χ0) is 28.3. The van der Waals surface area contributed by atoms with Gasteiger partial charge in [-0.1, -0.05) is 44.2 Å². The largest absolute Gasteiger partial charge is 0.486 e. The van der Waals surface area contributed by atoms with Gasteiger partial charge >= 0.3 is 6.03 Å². The van der Waals surface area contributed by atoms with Crippen LogP contribution in [0.4, 0.5) is 4.79 Å². The number of nitrogens with one attached hydrogen (secondary N) is 2. The van der Waals surface area contributed by atoms with E-state index in [0.29, 0.717) is 56.4 Å². The van der Waals surface area contributed by atoms with Crippen LogP contribution in [0.25, 0.3) is 0 Å². The minimum atomic E-state index is -0.740. The van der Waals surface area contributed by atoms with Crippen LogP contribution in [0.3, 0.4) is 0 Å². The molecule has 2 aliphatic heterocycles. The third-order valence-electron chi connectivity index (χ3n) is 8.10. The molecule has 0 aromatic heterocycles. The minimum Gasteiger partial charge on any atom is -0.486 e. The topological polar surface area (TPSA) is 138 Å². The number of para-hydroxylation sites is 2. The second kappa shape index (κ2) is 14.9. The molecule has 1 unspecified atom stereocenters. The molecule has 40 heavy (non-hydrogen) atoms. The van der Waals surface area contributed by atoms with E-state index >= 15 is 0 Å². The lowest BCUT2D eigenvalue weighted by Crippen LogP contribution is -2.52. The van der Waals surface area contributed by atoms with E-state index in [4.69, 9.17) is 9.47 Å². The fourth-order valence-electron chi connectivity index (χ4n) is 6.03. The molecule has 2 fully saturated rings. The lowest BCUT2D eigenvalue weighted by molar-refractivity contribution is -0.158. The van der Waals surface area contributed by atoms with Gasteiger partial charge in [0, 0.05) is 13.1 Å². The number of likely N-dealkylation sites (tertiary alicyclic amines) is 1. The van der Waals surface area contributed by atoms with Crippen LogP contribution < -0.4 is 20.1 Å². The fraction of sp³-hybridized carbons (Fsp3) is 0.655. The van der Waals surface area contributed by atoms with Crippen LogP contribution in [-0.4, -0.2) is 77.8 Å². The predicted octanol–water partition coefficient (Wildman–Crippen LogP) is 3.25. The van der Waals surface area contributed by atoms with Gasteiger partial charge in [-0.3, -0.25) is 24.9 Å². The Hall–Kier alpha value is -3.34. The number of nitrogens with zero attached hydrogens (tertiary/aromatic N) is 2. The lowest BCUT2D eigenvalue weighted by atomic mass is 9.91. The Morgan fingerprint density at radius 1 is 1.07 bits per heavy atom. The van der Waals surface area contributed by atoms with Gasteiger partial charge in [-0.15, -0.1) is 0 Å². The number of amides is 5. The molecule has 11 nitrogen and oxygen atoms in total. The van der Waals surface area contributed by atoms with Crippen LogP contribution in [0.15, 0.2) is 24.3 Å². The first kappa shape index (κ1) is 29.6. The van der Waals surface area contributed by atoms with Crippen molar-refractivity contribution >= 4 is 24.3 Å². The zero-order valence-electron chi connectivity index (χ0n) is 23.1. The highest BCUT2D eigenvalue weighted by Gasteiger charge is 2.39. The molecule has 2 heterocycles. The quantitative estimate of drug-likeness (QED) is 0.146. The molecule has 0 radical (unpaired) electrons. The van der Waals surface area contributed by atoms with E-state index in [9.17, 15) is 24.4 Å². The number of carbonyl (C=O) groups is 4. The van der Waals surface area contributed by atoms with Crippen molar-refractivity contribution in [2.45, 2.75) is 82.8 Å². The predicted molar refractivity (Wildman–Crippen MR) is 146 cm³/mol. The van der Waals surface area contributed by atoms with E-state index in [1.165, 1.54) is 4.90 Å². The number of carbonyl (C=O) groups excluding carboxylic acids is 4. The summed E-state index contributed by atoms with van der Waals surface area (Å²) in [4.78, 5) is 51.2. The molecule has 1 saturated carbocycles. The number of hydrogen-bond donors (Lipinski definition) is 3. The Labute approximate surface area is 235 Å². The molecule has 1 aromatic carbocycles. The van der Waals surface area contributed by atoms with Gasteiger partial charge in [-0.25, -0.2) is 9.86 Å². The molecule has 220 valence electrons. The van der Waals surface area contributed by atoms with Gasteiger partial charge in [0.25, 0.3) is 5.91 Å². The molecule has 5 amide bonds. The molecule has 3 N–H and O–H groups in total. The summed E-state index contributed by atoms with van der Waals surface area (Å²) in [7, 11) is 0. The first-order valence-electron chi connectivity index (χ1n) is 14.6. The molecule has 0 bridgehead atoms. The van der Waals surface area contributed by atoms with Crippen molar-refractivity contribution in [1.82, 2.24) is 20.6 Å². The van der Waals surface area contributed by atoms with Crippen LogP contribution in [-0.2, 0) is 14.4 Å². The molecular weight excluding hydrogens is 516 g/mol. The maximum Gasteiger partial charge on any atom is 0.321 e. The number of urea groups is 1. The van der Waals surface area contributed by atoms with E-state index in [2.05, 4.69) is 10.6 Å². The molecule has 11 heteroatoms. The average molecular weight is 559 g/mol. The highest BCUT2D eigenvalue weighted by Crippen LogP contribution is 2.33. The summed E-state index contributed by atoms with van der Waals surface area (Å²) in [6.07, 6.45) is 9.72. The minimum absolute atomic E-state index is 0.0116. The highest BCUT2D eigenvalue weighted by molar-refractivity contribution is 5.99. The Bertz CT molecular complexity index is 1020. The Morgan fingerprint density at radius 2 is 1.85 bits per heavy atom. The van der Waals surface area contributed by atoms with Crippen LogP contribution in [0.1, 0.15) is 70.6 Å². The zero-order valence-corrected chi connectivity index (χ0v) is 23.1. The molecule has 0 spiro atoms. The third kappa shape index (κ3) is 8.33. The van der Waals surface area contributed by atoms with E-state index < -0.39 is 23.9 Å². The Kier molecular flexibility index (Phi) is 11.0. The Balaban J connectivity index is 1.15. The van der Waals surface area contributed by atoms with Gasteiger partial charge in [0.2, 0.25) is 12.3 Å². The van der Waals surface area contributed by atoms with Gasteiger partial charge in [0.15, 0.2) is 11.5 Å². The van der Waals surface area contributed by atoms with Crippen molar-refractivity contribution in [2.24, 2.45) is 11.8 Å².